The quantitative estimate of drug-likeness (QED) is 0.827. The molecule has 6 heteroatoms. The highest BCUT2D eigenvalue weighted by molar-refractivity contribution is 5.56. The third-order valence-corrected chi connectivity index (χ3v) is 2.88. The van der Waals surface area contributed by atoms with Crippen LogP contribution in [-0.2, 0) is 6.61 Å². The van der Waals surface area contributed by atoms with Crippen LogP contribution in [0.4, 0.5) is 11.4 Å². The van der Waals surface area contributed by atoms with Crippen molar-refractivity contribution in [2.45, 2.75) is 6.61 Å². The van der Waals surface area contributed by atoms with Gasteiger partial charge in [-0.2, -0.15) is 10.2 Å². The van der Waals surface area contributed by atoms with Gasteiger partial charge in [0, 0.05) is 11.6 Å². The monoisotopic (exact) mass is 288 g/mol. The molecular formula is C15H16N2O4. The minimum Gasteiger partial charge on any atom is -0.504 e. The van der Waals surface area contributed by atoms with Gasteiger partial charge in [-0.15, -0.1) is 0 Å². The van der Waals surface area contributed by atoms with Crippen LogP contribution < -0.4 is 9.47 Å². The molecule has 0 saturated carbocycles. The Morgan fingerprint density at radius 1 is 0.952 bits per heavy atom. The van der Waals surface area contributed by atoms with Gasteiger partial charge in [-0.3, -0.25) is 0 Å². The van der Waals surface area contributed by atoms with Gasteiger partial charge in [-0.1, -0.05) is 0 Å². The van der Waals surface area contributed by atoms with Crippen LogP contribution in [0, 0.1) is 0 Å². The predicted molar refractivity (Wildman–Crippen MR) is 77.8 cm³/mol. The van der Waals surface area contributed by atoms with Crippen LogP contribution in [0.5, 0.6) is 17.2 Å². The molecule has 0 spiro atoms. The van der Waals surface area contributed by atoms with Crippen LogP contribution in [0.1, 0.15) is 5.56 Å². The molecule has 0 fully saturated rings. The van der Waals surface area contributed by atoms with Gasteiger partial charge in [0.25, 0.3) is 0 Å². The number of benzene rings is 2. The number of methoxy groups -OCH3 is 2. The molecule has 0 bridgehead atoms. The van der Waals surface area contributed by atoms with E-state index >= 15 is 0 Å². The highest BCUT2D eigenvalue weighted by Crippen LogP contribution is 2.35. The summed E-state index contributed by atoms with van der Waals surface area (Å²) in [6.07, 6.45) is 0. The maximum atomic E-state index is 9.79. The number of aliphatic hydroxyl groups excluding tert-OH is 1. The molecule has 2 N–H and O–H groups in total. The molecule has 0 aliphatic carbocycles. The van der Waals surface area contributed by atoms with E-state index in [0.29, 0.717) is 16.9 Å². The average Bonchev–Trinajstić information content (AvgIpc) is 2.54. The summed E-state index contributed by atoms with van der Waals surface area (Å²) < 4.78 is 10.1. The van der Waals surface area contributed by atoms with Gasteiger partial charge in [0.1, 0.15) is 5.75 Å². The summed E-state index contributed by atoms with van der Waals surface area (Å²) in [5, 5.41) is 27.1. The van der Waals surface area contributed by atoms with E-state index in [4.69, 9.17) is 9.47 Å². The van der Waals surface area contributed by atoms with Crippen molar-refractivity contribution in [1.29, 1.82) is 0 Å². The predicted octanol–water partition coefficient (Wildman–Crippen LogP) is 3.32. The van der Waals surface area contributed by atoms with Crippen molar-refractivity contribution in [3.63, 3.8) is 0 Å². The standard InChI is InChI=1S/C15H16N2O4/c1-20-13-5-3-11(4-6-13)16-17-12-7-10(9-18)15(19)14(8-12)21-2/h3-8,18-19H,9H2,1-2H3. The first-order valence-electron chi connectivity index (χ1n) is 6.24. The lowest BCUT2D eigenvalue weighted by Gasteiger charge is -2.08. The lowest BCUT2D eigenvalue weighted by Crippen LogP contribution is -1.89. The molecule has 0 unspecified atom stereocenters. The van der Waals surface area contributed by atoms with Crippen LogP contribution in [0.25, 0.3) is 0 Å². The number of phenols is 1. The first-order chi connectivity index (χ1) is 10.2. The van der Waals surface area contributed by atoms with Crippen molar-refractivity contribution in [1.82, 2.24) is 0 Å². The smallest absolute Gasteiger partial charge is 0.163 e. The molecule has 6 nitrogen and oxygen atoms in total. The highest BCUT2D eigenvalue weighted by Gasteiger charge is 2.09. The summed E-state index contributed by atoms with van der Waals surface area (Å²) in [6.45, 7) is -0.311. The van der Waals surface area contributed by atoms with Crippen molar-refractivity contribution < 1.29 is 19.7 Å². The minimum absolute atomic E-state index is 0.0941. The summed E-state index contributed by atoms with van der Waals surface area (Å²) in [7, 11) is 3.02. The molecule has 0 atom stereocenters. The van der Waals surface area contributed by atoms with Crippen LogP contribution in [0.15, 0.2) is 46.6 Å². The molecule has 0 saturated heterocycles. The summed E-state index contributed by atoms with van der Waals surface area (Å²) in [4.78, 5) is 0. The van der Waals surface area contributed by atoms with Gasteiger partial charge in [0.2, 0.25) is 0 Å². The first-order valence-corrected chi connectivity index (χ1v) is 6.24. The van der Waals surface area contributed by atoms with Gasteiger partial charge in [0.05, 0.1) is 32.2 Å². The first kappa shape index (κ1) is 14.8. The molecule has 2 rings (SSSR count). The Labute approximate surface area is 122 Å². The molecule has 2 aromatic carbocycles. The zero-order chi connectivity index (χ0) is 15.2. The Balaban J connectivity index is 2.27. The van der Waals surface area contributed by atoms with Crippen LogP contribution >= 0.6 is 0 Å². The number of hydrogen-bond acceptors (Lipinski definition) is 6. The highest BCUT2D eigenvalue weighted by atomic mass is 16.5. The fourth-order valence-electron chi connectivity index (χ4n) is 1.75. The number of nitrogens with zero attached hydrogens (tertiary/aromatic N) is 2. The van der Waals surface area contributed by atoms with E-state index in [0.717, 1.165) is 5.75 Å². The Bertz CT molecular complexity index is 614. The largest absolute Gasteiger partial charge is 0.504 e. The van der Waals surface area contributed by atoms with E-state index < -0.39 is 0 Å². The van der Waals surface area contributed by atoms with E-state index in [-0.39, 0.29) is 18.1 Å². The van der Waals surface area contributed by atoms with Crippen LogP contribution in [-0.4, -0.2) is 24.4 Å². The van der Waals surface area contributed by atoms with Gasteiger partial charge >= 0.3 is 0 Å². The maximum absolute atomic E-state index is 9.79. The zero-order valence-corrected chi connectivity index (χ0v) is 11.8. The van der Waals surface area contributed by atoms with Crippen molar-refractivity contribution in [3.8, 4) is 17.2 Å². The fourth-order valence-corrected chi connectivity index (χ4v) is 1.75. The number of azo groups is 1. The molecule has 0 heterocycles. The SMILES string of the molecule is COc1ccc(N=Nc2cc(CO)c(O)c(OC)c2)cc1. The number of rotatable bonds is 5. The van der Waals surface area contributed by atoms with E-state index in [1.807, 2.05) is 0 Å². The Morgan fingerprint density at radius 2 is 1.62 bits per heavy atom. The molecule has 0 aliphatic rings. The molecule has 110 valence electrons. The Morgan fingerprint density at radius 3 is 2.19 bits per heavy atom. The lowest BCUT2D eigenvalue weighted by molar-refractivity contribution is 0.272. The van der Waals surface area contributed by atoms with Gasteiger partial charge < -0.3 is 19.7 Å². The lowest BCUT2D eigenvalue weighted by atomic mass is 10.1. The summed E-state index contributed by atoms with van der Waals surface area (Å²) >= 11 is 0. The third-order valence-electron chi connectivity index (χ3n) is 2.88. The second-order valence-electron chi connectivity index (χ2n) is 4.21. The van der Waals surface area contributed by atoms with Gasteiger partial charge in [-0.25, -0.2) is 0 Å². The van der Waals surface area contributed by atoms with Crippen molar-refractivity contribution in [2.75, 3.05) is 14.2 Å². The van der Waals surface area contributed by atoms with E-state index in [2.05, 4.69) is 10.2 Å². The summed E-state index contributed by atoms with van der Waals surface area (Å²) in [5.41, 5.74) is 1.47. The Hall–Kier alpha value is -2.60. The van der Waals surface area contributed by atoms with Crippen molar-refractivity contribution in [2.24, 2.45) is 10.2 Å². The fraction of sp³-hybridized carbons (Fsp3) is 0.200. The summed E-state index contributed by atoms with van der Waals surface area (Å²) in [5.74, 6) is 0.886. The molecule has 0 amide bonds. The molecule has 0 aromatic heterocycles. The maximum Gasteiger partial charge on any atom is 0.163 e. The van der Waals surface area contributed by atoms with Crippen molar-refractivity contribution >= 4 is 11.4 Å². The van der Waals surface area contributed by atoms with Gasteiger partial charge in [-0.05, 0) is 30.3 Å². The van der Waals surface area contributed by atoms with Crippen molar-refractivity contribution in [3.05, 3.63) is 42.0 Å². The average molecular weight is 288 g/mol. The zero-order valence-electron chi connectivity index (χ0n) is 11.8. The molecule has 0 radical (unpaired) electrons. The number of aliphatic hydroxyl groups is 1. The van der Waals surface area contributed by atoms with Crippen LogP contribution in [0.3, 0.4) is 0 Å². The molecular weight excluding hydrogens is 272 g/mol. The Kier molecular flexibility index (Phi) is 4.73. The second-order valence-corrected chi connectivity index (χ2v) is 4.21. The van der Waals surface area contributed by atoms with Gasteiger partial charge in [0.15, 0.2) is 11.5 Å². The number of aromatic hydroxyl groups is 1. The molecule has 0 aliphatic heterocycles. The molecule has 2 aromatic rings. The van der Waals surface area contributed by atoms with E-state index in [1.54, 1.807) is 43.5 Å². The number of hydrogen-bond donors (Lipinski definition) is 2. The van der Waals surface area contributed by atoms with Crippen LogP contribution in [0.2, 0.25) is 0 Å². The molecule has 21 heavy (non-hydrogen) atoms. The number of ether oxygens (including phenoxy) is 2. The van der Waals surface area contributed by atoms with E-state index in [9.17, 15) is 10.2 Å². The normalized spacial score (nSPS) is 10.8. The van der Waals surface area contributed by atoms with E-state index in [1.165, 1.54) is 7.11 Å². The minimum atomic E-state index is -0.311. The topological polar surface area (TPSA) is 83.6 Å². The third kappa shape index (κ3) is 3.49. The summed E-state index contributed by atoms with van der Waals surface area (Å²) in [6, 6.07) is 10.2. The second kappa shape index (κ2) is 6.71.